The predicted octanol–water partition coefficient (Wildman–Crippen LogP) is 2.00. The summed E-state index contributed by atoms with van der Waals surface area (Å²) in [5.41, 5.74) is 0. The molecule has 0 radical (unpaired) electrons. The molecule has 18 heavy (non-hydrogen) atoms. The van der Waals surface area contributed by atoms with Crippen molar-refractivity contribution < 1.29 is 9.53 Å². The van der Waals surface area contributed by atoms with Crippen molar-refractivity contribution in [2.75, 3.05) is 20.3 Å². The van der Waals surface area contributed by atoms with Crippen molar-refractivity contribution in [3.63, 3.8) is 0 Å². The number of rotatable bonds is 8. The number of ether oxygens (including phenoxy) is 1. The van der Waals surface area contributed by atoms with Crippen LogP contribution in [0.1, 0.15) is 46.5 Å². The number of amides is 1. The summed E-state index contributed by atoms with van der Waals surface area (Å²) < 4.78 is 5.04. The Bertz CT molecular complexity index is 256. The maximum atomic E-state index is 12.3. The van der Waals surface area contributed by atoms with Crippen LogP contribution in [0.5, 0.6) is 0 Å². The Morgan fingerprint density at radius 2 is 2.11 bits per heavy atom. The van der Waals surface area contributed by atoms with Gasteiger partial charge in [0.1, 0.15) is 0 Å². The third kappa shape index (κ3) is 4.25. The van der Waals surface area contributed by atoms with E-state index in [-0.39, 0.29) is 18.1 Å². The van der Waals surface area contributed by atoms with Crippen LogP contribution in [0.15, 0.2) is 0 Å². The molecule has 4 nitrogen and oxygen atoms in total. The van der Waals surface area contributed by atoms with Gasteiger partial charge in [-0.2, -0.15) is 0 Å². The molecule has 1 heterocycles. The predicted molar refractivity (Wildman–Crippen MR) is 73.3 cm³/mol. The molecular weight excluding hydrogens is 228 g/mol. The fourth-order valence-corrected chi connectivity index (χ4v) is 2.52. The molecular formula is C14H28N2O2. The monoisotopic (exact) mass is 256 g/mol. The molecule has 1 fully saturated rings. The molecule has 0 aromatic rings. The third-order valence-corrected chi connectivity index (χ3v) is 3.44. The first-order chi connectivity index (χ1) is 8.60. The molecule has 0 aromatic carbocycles. The van der Waals surface area contributed by atoms with E-state index < -0.39 is 0 Å². The number of methoxy groups -OCH3 is 1. The van der Waals surface area contributed by atoms with E-state index in [1.165, 1.54) is 0 Å². The van der Waals surface area contributed by atoms with Crippen LogP contribution < -0.4 is 5.32 Å². The van der Waals surface area contributed by atoms with Crippen LogP contribution in [0.25, 0.3) is 0 Å². The van der Waals surface area contributed by atoms with Crippen molar-refractivity contribution in [2.45, 2.75) is 58.7 Å². The minimum absolute atomic E-state index is 0.0253. The number of nitrogens with zero attached hydrogens (tertiary/aromatic N) is 1. The maximum Gasteiger partial charge on any atom is 0.241 e. The van der Waals surface area contributed by atoms with Gasteiger partial charge in [0.05, 0.1) is 12.2 Å². The molecule has 1 N–H and O–H groups in total. The van der Waals surface area contributed by atoms with E-state index in [9.17, 15) is 4.79 Å². The molecule has 1 aliphatic rings. The normalized spacial score (nSPS) is 24.3. The number of hydrogen-bond acceptors (Lipinski definition) is 3. The van der Waals surface area contributed by atoms with Gasteiger partial charge in [-0.15, -0.1) is 0 Å². The second kappa shape index (κ2) is 7.74. The Labute approximate surface area is 111 Å². The molecule has 0 aromatic heterocycles. The van der Waals surface area contributed by atoms with Gasteiger partial charge in [0.2, 0.25) is 5.91 Å². The van der Waals surface area contributed by atoms with E-state index in [2.05, 4.69) is 26.1 Å². The van der Waals surface area contributed by atoms with Gasteiger partial charge >= 0.3 is 0 Å². The summed E-state index contributed by atoms with van der Waals surface area (Å²) in [6, 6.07) is 0.0253. The van der Waals surface area contributed by atoms with E-state index in [0.717, 1.165) is 38.8 Å². The smallest absolute Gasteiger partial charge is 0.241 e. The SMILES string of the molecule is CCC1NC(CC(C)C)C(=O)N1CCCCOC. The van der Waals surface area contributed by atoms with Gasteiger partial charge in [0, 0.05) is 20.3 Å². The van der Waals surface area contributed by atoms with E-state index in [1.807, 2.05) is 4.90 Å². The first kappa shape index (κ1) is 15.4. The number of carbonyl (C=O) groups excluding carboxylic acids is 1. The molecule has 1 rings (SSSR count). The Morgan fingerprint density at radius 3 is 2.67 bits per heavy atom. The zero-order chi connectivity index (χ0) is 13.5. The van der Waals surface area contributed by atoms with Crippen molar-refractivity contribution in [1.29, 1.82) is 0 Å². The fourth-order valence-electron chi connectivity index (χ4n) is 2.52. The molecule has 106 valence electrons. The van der Waals surface area contributed by atoms with Crippen molar-refractivity contribution in [3.8, 4) is 0 Å². The lowest BCUT2D eigenvalue weighted by Crippen LogP contribution is -2.37. The van der Waals surface area contributed by atoms with Gasteiger partial charge in [-0.1, -0.05) is 20.8 Å². The van der Waals surface area contributed by atoms with Crippen LogP contribution >= 0.6 is 0 Å². The molecule has 0 aliphatic carbocycles. The van der Waals surface area contributed by atoms with Crippen LogP contribution in [-0.2, 0) is 9.53 Å². The number of hydrogen-bond donors (Lipinski definition) is 1. The average Bonchev–Trinajstić information content (AvgIpc) is 2.62. The van der Waals surface area contributed by atoms with Gasteiger partial charge in [-0.05, 0) is 31.6 Å². The Morgan fingerprint density at radius 1 is 1.39 bits per heavy atom. The lowest BCUT2D eigenvalue weighted by atomic mass is 10.0. The van der Waals surface area contributed by atoms with Crippen LogP contribution in [-0.4, -0.2) is 43.3 Å². The van der Waals surface area contributed by atoms with Crippen LogP contribution in [0, 0.1) is 5.92 Å². The zero-order valence-corrected chi connectivity index (χ0v) is 12.2. The Hall–Kier alpha value is -0.610. The first-order valence-electron chi connectivity index (χ1n) is 7.15. The van der Waals surface area contributed by atoms with E-state index >= 15 is 0 Å². The van der Waals surface area contributed by atoms with Gasteiger partial charge < -0.3 is 9.64 Å². The highest BCUT2D eigenvalue weighted by Gasteiger charge is 2.37. The lowest BCUT2D eigenvalue weighted by Gasteiger charge is -2.22. The van der Waals surface area contributed by atoms with Crippen molar-refractivity contribution in [1.82, 2.24) is 10.2 Å². The van der Waals surface area contributed by atoms with Gasteiger partial charge in [0.15, 0.2) is 0 Å². The molecule has 1 aliphatic heterocycles. The largest absolute Gasteiger partial charge is 0.385 e. The second-order valence-electron chi connectivity index (χ2n) is 5.50. The molecule has 0 bridgehead atoms. The first-order valence-corrected chi connectivity index (χ1v) is 7.15. The lowest BCUT2D eigenvalue weighted by molar-refractivity contribution is -0.130. The summed E-state index contributed by atoms with van der Waals surface area (Å²) in [6.45, 7) is 8.09. The van der Waals surface area contributed by atoms with Crippen LogP contribution in [0.2, 0.25) is 0 Å². The Kier molecular flexibility index (Phi) is 6.65. The van der Waals surface area contributed by atoms with E-state index in [1.54, 1.807) is 7.11 Å². The molecule has 1 amide bonds. The zero-order valence-electron chi connectivity index (χ0n) is 12.2. The average molecular weight is 256 g/mol. The molecule has 0 saturated carbocycles. The fraction of sp³-hybridized carbons (Fsp3) is 0.929. The highest BCUT2D eigenvalue weighted by molar-refractivity contribution is 5.84. The van der Waals surface area contributed by atoms with Crippen molar-refractivity contribution in [3.05, 3.63) is 0 Å². The van der Waals surface area contributed by atoms with Crippen LogP contribution in [0.4, 0.5) is 0 Å². The molecule has 4 heteroatoms. The Balaban J connectivity index is 2.46. The second-order valence-corrected chi connectivity index (χ2v) is 5.50. The molecule has 1 saturated heterocycles. The van der Waals surface area contributed by atoms with E-state index in [4.69, 9.17) is 4.74 Å². The minimum atomic E-state index is 0.0253. The van der Waals surface area contributed by atoms with Crippen molar-refractivity contribution >= 4 is 5.91 Å². The molecule has 2 atom stereocenters. The topological polar surface area (TPSA) is 41.6 Å². The van der Waals surface area contributed by atoms with Gasteiger partial charge in [-0.25, -0.2) is 0 Å². The minimum Gasteiger partial charge on any atom is -0.385 e. The van der Waals surface area contributed by atoms with Crippen molar-refractivity contribution in [2.24, 2.45) is 5.92 Å². The van der Waals surface area contributed by atoms with E-state index in [0.29, 0.717) is 5.92 Å². The molecule has 0 spiro atoms. The highest BCUT2D eigenvalue weighted by Crippen LogP contribution is 2.19. The third-order valence-electron chi connectivity index (χ3n) is 3.44. The number of carbonyl (C=O) groups is 1. The number of nitrogens with one attached hydrogen (secondary N) is 1. The highest BCUT2D eigenvalue weighted by atomic mass is 16.5. The molecule has 2 unspecified atom stereocenters. The summed E-state index contributed by atoms with van der Waals surface area (Å²) in [7, 11) is 1.72. The van der Waals surface area contributed by atoms with Gasteiger partial charge in [0.25, 0.3) is 0 Å². The quantitative estimate of drug-likeness (QED) is 0.675. The summed E-state index contributed by atoms with van der Waals surface area (Å²) >= 11 is 0. The standard InChI is InChI=1S/C14H28N2O2/c1-5-13-15-12(10-11(2)3)14(17)16(13)8-6-7-9-18-4/h11-13,15H,5-10H2,1-4H3. The maximum absolute atomic E-state index is 12.3. The summed E-state index contributed by atoms with van der Waals surface area (Å²) in [6.07, 6.45) is 4.18. The summed E-state index contributed by atoms with van der Waals surface area (Å²) in [5, 5.41) is 3.46. The summed E-state index contributed by atoms with van der Waals surface area (Å²) in [4.78, 5) is 14.3. The van der Waals surface area contributed by atoms with Crippen LogP contribution in [0.3, 0.4) is 0 Å². The van der Waals surface area contributed by atoms with Gasteiger partial charge in [-0.3, -0.25) is 10.1 Å². The number of unbranched alkanes of at least 4 members (excludes halogenated alkanes) is 1. The summed E-state index contributed by atoms with van der Waals surface area (Å²) in [5.74, 6) is 0.838.